The standard InChI is InChI=1S/C19H19ClN4O/c20-19-22-17-10-13(12-3-1-4-14(21)9-12)6-7-16(17)18(23-19)24-8-2-5-15(24)11-25/h1,3-4,6-7,9-10,15,25H,2,5,8,11,21H2/t15-/m0/s1. The molecule has 0 spiro atoms. The van der Waals surface area contributed by atoms with Gasteiger partial charge in [-0.25, -0.2) is 4.98 Å². The number of hydrogen-bond acceptors (Lipinski definition) is 5. The van der Waals surface area contributed by atoms with E-state index in [4.69, 9.17) is 17.3 Å². The zero-order valence-electron chi connectivity index (χ0n) is 13.7. The summed E-state index contributed by atoms with van der Waals surface area (Å²) in [5.41, 5.74) is 9.47. The minimum Gasteiger partial charge on any atom is -0.399 e. The monoisotopic (exact) mass is 354 g/mol. The fourth-order valence-corrected chi connectivity index (χ4v) is 3.68. The molecule has 0 amide bonds. The molecular formula is C19H19ClN4O. The van der Waals surface area contributed by atoms with Gasteiger partial charge in [-0.05, 0) is 59.8 Å². The summed E-state index contributed by atoms with van der Waals surface area (Å²) in [4.78, 5) is 11.0. The van der Waals surface area contributed by atoms with Crippen molar-refractivity contribution in [2.75, 3.05) is 23.8 Å². The van der Waals surface area contributed by atoms with Crippen LogP contribution in [0.1, 0.15) is 12.8 Å². The number of nitrogen functional groups attached to an aromatic ring is 1. The molecule has 1 fully saturated rings. The summed E-state index contributed by atoms with van der Waals surface area (Å²) in [6.07, 6.45) is 2.00. The molecule has 0 saturated carbocycles. The van der Waals surface area contributed by atoms with Crippen molar-refractivity contribution >= 4 is 34.0 Å². The smallest absolute Gasteiger partial charge is 0.224 e. The molecule has 5 nitrogen and oxygen atoms in total. The summed E-state index contributed by atoms with van der Waals surface area (Å²) >= 11 is 6.19. The van der Waals surface area contributed by atoms with Crippen molar-refractivity contribution < 1.29 is 5.11 Å². The van der Waals surface area contributed by atoms with Crippen molar-refractivity contribution in [1.82, 2.24) is 9.97 Å². The molecule has 4 rings (SSSR count). The highest BCUT2D eigenvalue weighted by Crippen LogP contribution is 2.33. The average molecular weight is 355 g/mol. The Morgan fingerprint density at radius 1 is 1.16 bits per heavy atom. The van der Waals surface area contributed by atoms with E-state index in [9.17, 15) is 5.11 Å². The first-order chi connectivity index (χ1) is 12.2. The Hall–Kier alpha value is -2.37. The van der Waals surface area contributed by atoms with Crippen molar-refractivity contribution in [2.45, 2.75) is 18.9 Å². The number of anilines is 2. The Bertz CT molecular complexity index is 930. The molecule has 0 radical (unpaired) electrons. The highest BCUT2D eigenvalue weighted by Gasteiger charge is 2.27. The van der Waals surface area contributed by atoms with Gasteiger partial charge in [-0.15, -0.1) is 0 Å². The van der Waals surface area contributed by atoms with Crippen LogP contribution < -0.4 is 10.6 Å². The van der Waals surface area contributed by atoms with E-state index in [-0.39, 0.29) is 17.9 Å². The van der Waals surface area contributed by atoms with Gasteiger partial charge in [-0.3, -0.25) is 0 Å². The summed E-state index contributed by atoms with van der Waals surface area (Å²) in [5.74, 6) is 0.797. The lowest BCUT2D eigenvalue weighted by Gasteiger charge is -2.25. The molecule has 0 unspecified atom stereocenters. The average Bonchev–Trinajstić information content (AvgIpc) is 3.09. The van der Waals surface area contributed by atoms with Gasteiger partial charge in [-0.1, -0.05) is 18.2 Å². The second-order valence-corrected chi connectivity index (χ2v) is 6.68. The number of aromatic nitrogens is 2. The maximum Gasteiger partial charge on any atom is 0.224 e. The maximum atomic E-state index is 9.63. The molecule has 6 heteroatoms. The zero-order chi connectivity index (χ0) is 17.4. The minimum absolute atomic E-state index is 0.0859. The first-order valence-corrected chi connectivity index (χ1v) is 8.74. The van der Waals surface area contributed by atoms with E-state index in [1.54, 1.807) is 0 Å². The van der Waals surface area contributed by atoms with Crippen LogP contribution >= 0.6 is 11.6 Å². The molecule has 3 N–H and O–H groups in total. The lowest BCUT2D eigenvalue weighted by Crippen LogP contribution is -2.33. The van der Waals surface area contributed by atoms with Crippen molar-refractivity contribution in [2.24, 2.45) is 0 Å². The number of aliphatic hydroxyl groups is 1. The first kappa shape index (κ1) is 16.1. The molecule has 1 saturated heterocycles. The highest BCUT2D eigenvalue weighted by molar-refractivity contribution is 6.28. The van der Waals surface area contributed by atoms with Crippen LogP contribution in [-0.4, -0.2) is 34.3 Å². The Labute approximate surface area is 151 Å². The molecule has 2 heterocycles. The topological polar surface area (TPSA) is 75.3 Å². The van der Waals surface area contributed by atoms with Crippen LogP contribution in [-0.2, 0) is 0 Å². The summed E-state index contributed by atoms with van der Waals surface area (Å²) < 4.78 is 0. The van der Waals surface area contributed by atoms with Crippen molar-refractivity contribution in [3.63, 3.8) is 0 Å². The fourth-order valence-electron chi connectivity index (χ4n) is 3.51. The van der Waals surface area contributed by atoms with Gasteiger partial charge in [0.1, 0.15) is 5.82 Å². The van der Waals surface area contributed by atoms with E-state index in [2.05, 4.69) is 14.9 Å². The quantitative estimate of drug-likeness (QED) is 0.556. The van der Waals surface area contributed by atoms with Crippen molar-refractivity contribution in [3.05, 3.63) is 47.7 Å². The zero-order valence-corrected chi connectivity index (χ0v) is 14.4. The molecule has 1 aromatic heterocycles. The van der Waals surface area contributed by atoms with Gasteiger partial charge < -0.3 is 15.7 Å². The van der Waals surface area contributed by atoms with Crippen molar-refractivity contribution in [1.29, 1.82) is 0 Å². The Morgan fingerprint density at radius 3 is 2.80 bits per heavy atom. The molecule has 25 heavy (non-hydrogen) atoms. The number of aliphatic hydroxyl groups excluding tert-OH is 1. The summed E-state index contributed by atoms with van der Waals surface area (Å²) in [6, 6.07) is 13.9. The summed E-state index contributed by atoms with van der Waals surface area (Å²) in [7, 11) is 0. The molecule has 1 atom stereocenters. The molecule has 3 aromatic rings. The van der Waals surface area contributed by atoms with Gasteiger partial charge >= 0.3 is 0 Å². The molecule has 2 aromatic carbocycles. The van der Waals surface area contributed by atoms with Gasteiger partial charge in [0, 0.05) is 17.6 Å². The van der Waals surface area contributed by atoms with Crippen LogP contribution in [0.25, 0.3) is 22.0 Å². The minimum atomic E-state index is 0.0859. The molecule has 1 aliphatic rings. The largest absolute Gasteiger partial charge is 0.399 e. The van der Waals surface area contributed by atoms with Crippen LogP contribution in [0, 0.1) is 0 Å². The Balaban J connectivity index is 1.84. The molecule has 0 aliphatic carbocycles. The maximum absolute atomic E-state index is 9.63. The SMILES string of the molecule is Nc1cccc(-c2ccc3c(N4CCC[C@H]4CO)nc(Cl)nc3c2)c1. The number of fused-ring (bicyclic) bond motifs is 1. The molecule has 1 aliphatic heterocycles. The second-order valence-electron chi connectivity index (χ2n) is 6.35. The van der Waals surface area contributed by atoms with Crippen LogP contribution in [0.5, 0.6) is 0 Å². The van der Waals surface area contributed by atoms with Crippen LogP contribution in [0.15, 0.2) is 42.5 Å². The van der Waals surface area contributed by atoms with E-state index in [1.165, 1.54) is 0 Å². The predicted molar refractivity (Wildman–Crippen MR) is 102 cm³/mol. The number of nitrogens with zero attached hydrogens (tertiary/aromatic N) is 3. The molecule has 0 bridgehead atoms. The van der Waals surface area contributed by atoms with E-state index >= 15 is 0 Å². The Kier molecular flexibility index (Phi) is 4.19. The molecule has 128 valence electrons. The van der Waals surface area contributed by atoms with Gasteiger partial charge in [0.25, 0.3) is 0 Å². The van der Waals surface area contributed by atoms with Gasteiger partial charge in [0.05, 0.1) is 18.2 Å². The third-order valence-electron chi connectivity index (χ3n) is 4.73. The predicted octanol–water partition coefficient (Wildman–Crippen LogP) is 3.49. The normalized spacial score (nSPS) is 17.4. The lowest BCUT2D eigenvalue weighted by molar-refractivity contribution is 0.266. The van der Waals surface area contributed by atoms with Crippen LogP contribution in [0.2, 0.25) is 5.28 Å². The molecular weight excluding hydrogens is 336 g/mol. The third-order valence-corrected chi connectivity index (χ3v) is 4.90. The van der Waals surface area contributed by atoms with Crippen LogP contribution in [0.4, 0.5) is 11.5 Å². The number of hydrogen-bond donors (Lipinski definition) is 2. The number of benzene rings is 2. The number of halogens is 1. The summed E-state index contributed by atoms with van der Waals surface area (Å²) in [5, 5.41) is 10.8. The fraction of sp³-hybridized carbons (Fsp3) is 0.263. The second kappa shape index (κ2) is 6.50. The van der Waals surface area contributed by atoms with E-state index in [0.717, 1.165) is 52.9 Å². The van der Waals surface area contributed by atoms with Gasteiger partial charge in [-0.2, -0.15) is 4.98 Å². The Morgan fingerprint density at radius 2 is 2.00 bits per heavy atom. The van der Waals surface area contributed by atoms with E-state index in [0.29, 0.717) is 0 Å². The third kappa shape index (κ3) is 3.01. The van der Waals surface area contributed by atoms with Gasteiger partial charge in [0.15, 0.2) is 0 Å². The highest BCUT2D eigenvalue weighted by atomic mass is 35.5. The number of rotatable bonds is 3. The van der Waals surface area contributed by atoms with Crippen molar-refractivity contribution in [3.8, 4) is 11.1 Å². The van der Waals surface area contributed by atoms with Gasteiger partial charge in [0.2, 0.25) is 5.28 Å². The van der Waals surface area contributed by atoms with E-state index in [1.807, 2.05) is 42.5 Å². The lowest BCUT2D eigenvalue weighted by atomic mass is 10.0. The van der Waals surface area contributed by atoms with Crippen LogP contribution in [0.3, 0.4) is 0 Å². The first-order valence-electron chi connectivity index (χ1n) is 8.36. The van der Waals surface area contributed by atoms with E-state index < -0.39 is 0 Å². The summed E-state index contributed by atoms with van der Waals surface area (Å²) in [6.45, 7) is 0.981. The number of nitrogens with two attached hydrogens (primary N) is 1.